The second-order valence-electron chi connectivity index (χ2n) is 2.78. The third-order valence-electron chi connectivity index (χ3n) is 1.77. The van der Waals surface area contributed by atoms with Crippen LogP contribution in [0.4, 0.5) is 0 Å². The van der Waals surface area contributed by atoms with Gasteiger partial charge in [0.25, 0.3) is 5.91 Å². The highest BCUT2D eigenvalue weighted by Gasteiger charge is 2.03. The minimum atomic E-state index is -0.149. The number of rotatable bonds is 2. The molecule has 0 aliphatic rings. The molecule has 2 aromatic rings. The lowest BCUT2D eigenvalue weighted by Gasteiger charge is -2.04. The van der Waals surface area contributed by atoms with E-state index < -0.39 is 0 Å². The van der Waals surface area contributed by atoms with Gasteiger partial charge in [0.15, 0.2) is 0 Å². The third kappa shape index (κ3) is 1.80. The van der Waals surface area contributed by atoms with Crippen LogP contribution >= 0.6 is 0 Å². The molecule has 0 spiro atoms. The van der Waals surface area contributed by atoms with Crippen molar-refractivity contribution in [2.24, 2.45) is 0 Å². The zero-order valence-electron chi connectivity index (χ0n) is 7.42. The molecular weight excluding hydrogens is 178 g/mol. The molecule has 0 bridgehead atoms. The first-order chi connectivity index (χ1) is 6.86. The first-order valence-electron chi connectivity index (χ1n) is 4.20. The zero-order chi connectivity index (χ0) is 9.80. The topological polar surface area (TPSA) is 46.9 Å². The molecular formula is C10H9N3O. The predicted octanol–water partition coefficient (Wildman–Crippen LogP) is 1.27. The molecule has 1 heterocycles. The average molecular weight is 187 g/mol. The molecule has 1 aromatic heterocycles. The van der Waals surface area contributed by atoms with Gasteiger partial charge in [-0.15, -0.1) is 0 Å². The lowest BCUT2D eigenvalue weighted by atomic mass is 10.2. The maximum atomic E-state index is 11.6. The molecule has 0 aliphatic carbocycles. The van der Waals surface area contributed by atoms with Gasteiger partial charge in [-0.2, -0.15) is 0 Å². The summed E-state index contributed by atoms with van der Waals surface area (Å²) in [6.45, 7) is 0. The van der Waals surface area contributed by atoms with Crippen LogP contribution in [0.3, 0.4) is 0 Å². The van der Waals surface area contributed by atoms with Crippen molar-refractivity contribution in [3.63, 3.8) is 0 Å². The van der Waals surface area contributed by atoms with E-state index in [9.17, 15) is 4.79 Å². The smallest absolute Gasteiger partial charge is 0.267 e. The van der Waals surface area contributed by atoms with Crippen molar-refractivity contribution < 1.29 is 4.79 Å². The fourth-order valence-corrected chi connectivity index (χ4v) is 1.10. The Bertz CT molecular complexity index is 408. The molecule has 1 amide bonds. The summed E-state index contributed by atoms with van der Waals surface area (Å²) in [6.07, 6.45) is 4.80. The van der Waals surface area contributed by atoms with Gasteiger partial charge in [0.1, 0.15) is 6.33 Å². The van der Waals surface area contributed by atoms with Gasteiger partial charge < -0.3 is 0 Å². The average Bonchev–Trinajstić information content (AvgIpc) is 2.72. The fourth-order valence-electron chi connectivity index (χ4n) is 1.10. The molecule has 4 heteroatoms. The standard InChI is InChI=1S/C10H9N3O/c14-10(9-4-2-1-3-5-9)12-13-7-6-11-8-13/h1-8H,(H,12,14). The summed E-state index contributed by atoms with van der Waals surface area (Å²) in [4.78, 5) is 15.4. The molecule has 4 nitrogen and oxygen atoms in total. The number of nitrogens with one attached hydrogen (secondary N) is 1. The highest BCUT2D eigenvalue weighted by atomic mass is 16.2. The Balaban J connectivity index is 2.11. The number of carbonyl (C=O) groups excluding carboxylic acids is 1. The number of aromatic nitrogens is 2. The lowest BCUT2D eigenvalue weighted by molar-refractivity contribution is 0.101. The van der Waals surface area contributed by atoms with Crippen LogP contribution in [-0.2, 0) is 0 Å². The molecule has 0 saturated carbocycles. The van der Waals surface area contributed by atoms with Crippen LogP contribution in [0.5, 0.6) is 0 Å². The first kappa shape index (κ1) is 8.50. The summed E-state index contributed by atoms with van der Waals surface area (Å²) in [5.74, 6) is -0.149. The van der Waals surface area contributed by atoms with Gasteiger partial charge in [0, 0.05) is 18.0 Å². The molecule has 0 aliphatic heterocycles. The number of carbonyl (C=O) groups is 1. The van der Waals surface area contributed by atoms with Crippen LogP contribution < -0.4 is 5.43 Å². The van der Waals surface area contributed by atoms with Gasteiger partial charge in [-0.05, 0) is 12.1 Å². The number of amides is 1. The van der Waals surface area contributed by atoms with Gasteiger partial charge in [-0.25, -0.2) is 9.66 Å². The Kier molecular flexibility index (Phi) is 2.27. The number of hydrogen-bond acceptors (Lipinski definition) is 2. The van der Waals surface area contributed by atoms with Gasteiger partial charge >= 0.3 is 0 Å². The Morgan fingerprint density at radius 2 is 2.07 bits per heavy atom. The van der Waals surface area contributed by atoms with Crippen molar-refractivity contribution >= 4 is 5.91 Å². The van der Waals surface area contributed by atoms with Crippen molar-refractivity contribution in [1.82, 2.24) is 9.66 Å². The number of hydrogen-bond donors (Lipinski definition) is 1. The molecule has 2 rings (SSSR count). The molecule has 0 unspecified atom stereocenters. The minimum Gasteiger partial charge on any atom is -0.267 e. The zero-order valence-corrected chi connectivity index (χ0v) is 7.42. The normalized spacial score (nSPS) is 9.71. The van der Waals surface area contributed by atoms with Gasteiger partial charge in [0.2, 0.25) is 0 Å². The first-order valence-corrected chi connectivity index (χ1v) is 4.20. The molecule has 14 heavy (non-hydrogen) atoms. The largest absolute Gasteiger partial charge is 0.270 e. The summed E-state index contributed by atoms with van der Waals surface area (Å²) in [7, 11) is 0. The van der Waals surface area contributed by atoms with E-state index in [1.54, 1.807) is 24.5 Å². The molecule has 70 valence electrons. The molecule has 1 aromatic carbocycles. The van der Waals surface area contributed by atoms with E-state index in [0.717, 1.165) is 0 Å². The second kappa shape index (κ2) is 3.74. The second-order valence-corrected chi connectivity index (χ2v) is 2.78. The van der Waals surface area contributed by atoms with E-state index in [0.29, 0.717) is 5.56 Å². The van der Waals surface area contributed by atoms with Crippen molar-refractivity contribution in [3.8, 4) is 0 Å². The minimum absolute atomic E-state index is 0.149. The maximum absolute atomic E-state index is 11.6. The maximum Gasteiger partial charge on any atom is 0.270 e. The molecule has 0 radical (unpaired) electrons. The van der Waals surface area contributed by atoms with Gasteiger partial charge in [-0.3, -0.25) is 10.2 Å². The van der Waals surface area contributed by atoms with Crippen molar-refractivity contribution in [2.45, 2.75) is 0 Å². The third-order valence-corrected chi connectivity index (χ3v) is 1.77. The van der Waals surface area contributed by atoms with Crippen molar-refractivity contribution in [2.75, 3.05) is 5.43 Å². The van der Waals surface area contributed by atoms with Crippen molar-refractivity contribution in [3.05, 3.63) is 54.6 Å². The monoisotopic (exact) mass is 187 g/mol. The van der Waals surface area contributed by atoms with Crippen LogP contribution in [0.2, 0.25) is 0 Å². The number of benzene rings is 1. The number of nitrogens with zero attached hydrogens (tertiary/aromatic N) is 2. The number of imidazole rings is 1. The van der Waals surface area contributed by atoms with E-state index in [-0.39, 0.29) is 5.91 Å². The molecule has 0 fully saturated rings. The SMILES string of the molecule is O=C(Nn1ccnc1)c1ccccc1. The van der Waals surface area contributed by atoms with Crippen LogP contribution in [0.15, 0.2) is 49.1 Å². The van der Waals surface area contributed by atoms with Crippen molar-refractivity contribution in [1.29, 1.82) is 0 Å². The van der Waals surface area contributed by atoms with Crippen LogP contribution in [0, 0.1) is 0 Å². The fraction of sp³-hybridized carbons (Fsp3) is 0. The van der Waals surface area contributed by atoms with E-state index in [1.807, 2.05) is 18.2 Å². The molecule has 0 atom stereocenters. The summed E-state index contributed by atoms with van der Waals surface area (Å²) in [5, 5.41) is 0. The van der Waals surface area contributed by atoms with E-state index >= 15 is 0 Å². The Labute approximate surface area is 81.2 Å². The Morgan fingerprint density at radius 1 is 1.29 bits per heavy atom. The predicted molar refractivity (Wildman–Crippen MR) is 52.4 cm³/mol. The van der Waals surface area contributed by atoms with Gasteiger partial charge in [-0.1, -0.05) is 18.2 Å². The van der Waals surface area contributed by atoms with Gasteiger partial charge in [0.05, 0.1) is 0 Å². The quantitative estimate of drug-likeness (QED) is 0.769. The van der Waals surface area contributed by atoms with Crippen LogP contribution in [0.1, 0.15) is 10.4 Å². The summed E-state index contributed by atoms with van der Waals surface area (Å²) in [6, 6.07) is 9.03. The van der Waals surface area contributed by atoms with E-state index in [2.05, 4.69) is 10.4 Å². The Hall–Kier alpha value is -2.10. The molecule has 1 N–H and O–H groups in total. The molecule has 0 saturated heterocycles. The lowest BCUT2D eigenvalue weighted by Crippen LogP contribution is -2.21. The highest BCUT2D eigenvalue weighted by molar-refractivity contribution is 5.99. The van der Waals surface area contributed by atoms with E-state index in [4.69, 9.17) is 0 Å². The van der Waals surface area contributed by atoms with E-state index in [1.165, 1.54) is 11.0 Å². The summed E-state index contributed by atoms with van der Waals surface area (Å²) in [5.41, 5.74) is 3.28. The summed E-state index contributed by atoms with van der Waals surface area (Å²) < 4.78 is 1.51. The van der Waals surface area contributed by atoms with Crippen LogP contribution in [0.25, 0.3) is 0 Å². The Morgan fingerprint density at radius 3 is 2.71 bits per heavy atom. The van der Waals surface area contributed by atoms with Crippen LogP contribution in [-0.4, -0.2) is 15.6 Å². The summed E-state index contributed by atoms with van der Waals surface area (Å²) >= 11 is 0. The highest BCUT2D eigenvalue weighted by Crippen LogP contribution is 1.98.